The van der Waals surface area contributed by atoms with Gasteiger partial charge in [0.25, 0.3) is 5.91 Å². The fraction of sp³-hybridized carbons (Fsp3) is 0.619. The third kappa shape index (κ3) is 3.60. The molecule has 148 valence electrons. The first-order valence-electron chi connectivity index (χ1n) is 9.91. The monoisotopic (exact) mass is 373 g/mol. The predicted molar refractivity (Wildman–Crippen MR) is 106 cm³/mol. The molecule has 6 heteroatoms. The minimum absolute atomic E-state index is 0.0219. The lowest BCUT2D eigenvalue weighted by Crippen LogP contribution is -2.74. The lowest BCUT2D eigenvalue weighted by atomic mass is 9.54. The van der Waals surface area contributed by atoms with E-state index in [0.717, 1.165) is 25.9 Å². The van der Waals surface area contributed by atoms with E-state index in [0.29, 0.717) is 24.3 Å². The van der Waals surface area contributed by atoms with Gasteiger partial charge in [-0.3, -0.25) is 9.59 Å². The van der Waals surface area contributed by atoms with Crippen LogP contribution in [-0.2, 0) is 9.53 Å². The van der Waals surface area contributed by atoms with Crippen LogP contribution >= 0.6 is 0 Å². The van der Waals surface area contributed by atoms with Crippen molar-refractivity contribution >= 4 is 17.5 Å². The average Bonchev–Trinajstić information content (AvgIpc) is 2.68. The second-order valence-electron chi connectivity index (χ2n) is 8.23. The van der Waals surface area contributed by atoms with E-state index in [9.17, 15) is 9.59 Å². The van der Waals surface area contributed by atoms with Crippen molar-refractivity contribution in [2.24, 2.45) is 11.1 Å². The molecule has 0 aromatic heterocycles. The van der Waals surface area contributed by atoms with Gasteiger partial charge in [0.05, 0.1) is 6.10 Å². The second-order valence-corrected chi connectivity index (χ2v) is 8.23. The lowest BCUT2D eigenvalue weighted by Gasteiger charge is -2.57. The molecule has 3 rings (SSSR count). The molecule has 1 aromatic carbocycles. The van der Waals surface area contributed by atoms with Gasteiger partial charge in [0.2, 0.25) is 5.91 Å². The molecular weight excluding hydrogens is 342 g/mol. The topological polar surface area (TPSA) is 84.7 Å². The standard InChI is InChI=1S/C21H31N3O3/c1-4-27-17-14-21(22,20(17,2)3)19(26)23-16-10-8-9-15(13-16)18(25)24-11-6-5-7-12-24/h8-10,13,17H,4-7,11-12,14,22H2,1-3H3,(H,23,26). The number of piperidine rings is 1. The van der Waals surface area contributed by atoms with Crippen LogP contribution < -0.4 is 11.1 Å². The van der Waals surface area contributed by atoms with E-state index in [4.69, 9.17) is 10.5 Å². The van der Waals surface area contributed by atoms with Crippen molar-refractivity contribution < 1.29 is 14.3 Å². The Bertz CT molecular complexity index is 712. The molecule has 0 spiro atoms. The Kier molecular flexibility index (Phi) is 5.58. The molecule has 0 bridgehead atoms. The number of carbonyl (C=O) groups is 2. The SMILES string of the molecule is CCOC1CC(N)(C(=O)Nc2cccc(C(=O)N3CCCCC3)c2)C1(C)C. The quantitative estimate of drug-likeness (QED) is 0.831. The maximum Gasteiger partial charge on any atom is 0.253 e. The van der Waals surface area contributed by atoms with Gasteiger partial charge in [-0.25, -0.2) is 0 Å². The van der Waals surface area contributed by atoms with Crippen LogP contribution in [-0.4, -0.2) is 48.1 Å². The summed E-state index contributed by atoms with van der Waals surface area (Å²) < 4.78 is 5.70. The van der Waals surface area contributed by atoms with Gasteiger partial charge in [0.1, 0.15) is 5.54 Å². The third-order valence-electron chi connectivity index (χ3n) is 6.25. The van der Waals surface area contributed by atoms with E-state index in [-0.39, 0.29) is 17.9 Å². The minimum atomic E-state index is -0.986. The van der Waals surface area contributed by atoms with Gasteiger partial charge in [-0.1, -0.05) is 19.9 Å². The molecule has 0 radical (unpaired) electrons. The Hall–Kier alpha value is -1.92. The Balaban J connectivity index is 1.69. The van der Waals surface area contributed by atoms with Crippen LogP contribution in [0.5, 0.6) is 0 Å². The van der Waals surface area contributed by atoms with Crippen molar-refractivity contribution in [2.45, 2.75) is 58.1 Å². The van der Waals surface area contributed by atoms with Crippen LogP contribution in [0.2, 0.25) is 0 Å². The summed E-state index contributed by atoms with van der Waals surface area (Å²) >= 11 is 0. The van der Waals surface area contributed by atoms with Gasteiger partial charge >= 0.3 is 0 Å². The Morgan fingerprint density at radius 1 is 1.26 bits per heavy atom. The molecule has 1 saturated carbocycles. The molecule has 2 fully saturated rings. The molecule has 6 nitrogen and oxygen atoms in total. The van der Waals surface area contributed by atoms with Gasteiger partial charge in [0.15, 0.2) is 0 Å². The van der Waals surface area contributed by atoms with Gasteiger partial charge in [-0.15, -0.1) is 0 Å². The Morgan fingerprint density at radius 2 is 1.96 bits per heavy atom. The smallest absolute Gasteiger partial charge is 0.253 e. The van der Waals surface area contributed by atoms with Crippen LogP contribution in [0.25, 0.3) is 0 Å². The third-order valence-corrected chi connectivity index (χ3v) is 6.25. The van der Waals surface area contributed by atoms with Gasteiger partial charge < -0.3 is 20.7 Å². The van der Waals surface area contributed by atoms with E-state index in [1.165, 1.54) is 6.42 Å². The summed E-state index contributed by atoms with van der Waals surface area (Å²) in [4.78, 5) is 27.5. The molecule has 1 aliphatic heterocycles. The van der Waals surface area contributed by atoms with Crippen molar-refractivity contribution in [3.63, 3.8) is 0 Å². The number of carbonyl (C=O) groups excluding carboxylic acids is 2. The van der Waals surface area contributed by atoms with E-state index in [1.807, 2.05) is 25.7 Å². The molecule has 3 N–H and O–H groups in total. The molecule has 2 atom stereocenters. The van der Waals surface area contributed by atoms with Gasteiger partial charge in [-0.2, -0.15) is 0 Å². The van der Waals surface area contributed by atoms with Crippen LogP contribution in [0.3, 0.4) is 0 Å². The molecular formula is C21H31N3O3. The number of nitrogens with two attached hydrogens (primary N) is 1. The highest BCUT2D eigenvalue weighted by Crippen LogP contribution is 2.50. The Labute approximate surface area is 161 Å². The zero-order chi connectivity index (χ0) is 19.7. The maximum atomic E-state index is 12.9. The summed E-state index contributed by atoms with van der Waals surface area (Å²) in [7, 11) is 0. The molecule has 27 heavy (non-hydrogen) atoms. The van der Waals surface area contributed by atoms with Crippen LogP contribution in [0.1, 0.15) is 56.8 Å². The first-order chi connectivity index (χ1) is 12.8. The number of hydrogen-bond donors (Lipinski definition) is 2. The Morgan fingerprint density at radius 3 is 2.59 bits per heavy atom. The second kappa shape index (κ2) is 7.60. The first-order valence-corrected chi connectivity index (χ1v) is 9.91. The summed E-state index contributed by atoms with van der Waals surface area (Å²) in [5, 5.41) is 2.91. The summed E-state index contributed by atoms with van der Waals surface area (Å²) in [5.74, 6) is -0.209. The van der Waals surface area contributed by atoms with Crippen LogP contribution in [0, 0.1) is 5.41 Å². The molecule has 1 aliphatic carbocycles. The van der Waals surface area contributed by atoms with Gasteiger partial charge in [-0.05, 0) is 44.4 Å². The highest BCUT2D eigenvalue weighted by atomic mass is 16.5. The zero-order valence-corrected chi connectivity index (χ0v) is 16.6. The zero-order valence-electron chi connectivity index (χ0n) is 16.6. The van der Waals surface area contributed by atoms with E-state index >= 15 is 0 Å². The molecule has 2 aliphatic rings. The summed E-state index contributed by atoms with van der Waals surface area (Å²) in [6, 6.07) is 7.12. The predicted octanol–water partition coefficient (Wildman–Crippen LogP) is 2.78. The average molecular weight is 373 g/mol. The fourth-order valence-electron chi connectivity index (χ4n) is 4.07. The first kappa shape index (κ1) is 19.8. The van der Waals surface area contributed by atoms with Crippen molar-refractivity contribution in [1.82, 2.24) is 4.90 Å². The number of amides is 2. The molecule has 1 aromatic rings. The lowest BCUT2D eigenvalue weighted by molar-refractivity contribution is -0.166. The van der Waals surface area contributed by atoms with Crippen LogP contribution in [0.4, 0.5) is 5.69 Å². The number of ether oxygens (including phenoxy) is 1. The number of anilines is 1. The van der Waals surface area contributed by atoms with Crippen molar-refractivity contribution in [1.29, 1.82) is 0 Å². The molecule has 1 saturated heterocycles. The van der Waals surface area contributed by atoms with Crippen molar-refractivity contribution in [3.8, 4) is 0 Å². The normalized spacial score (nSPS) is 27.0. The largest absolute Gasteiger partial charge is 0.378 e. The maximum absolute atomic E-state index is 12.9. The minimum Gasteiger partial charge on any atom is -0.378 e. The number of likely N-dealkylation sites (tertiary alicyclic amines) is 1. The summed E-state index contributed by atoms with van der Waals surface area (Å²) in [6.07, 6.45) is 3.75. The van der Waals surface area contributed by atoms with E-state index in [1.54, 1.807) is 24.3 Å². The van der Waals surface area contributed by atoms with Gasteiger partial charge in [0, 0.05) is 42.8 Å². The molecule has 1 heterocycles. The number of benzene rings is 1. The fourth-order valence-corrected chi connectivity index (χ4v) is 4.07. The summed E-state index contributed by atoms with van der Waals surface area (Å²) in [6.45, 7) is 8.08. The number of nitrogens with zero attached hydrogens (tertiary/aromatic N) is 1. The highest BCUT2D eigenvalue weighted by molar-refractivity contribution is 6.01. The van der Waals surface area contributed by atoms with E-state index < -0.39 is 11.0 Å². The molecule has 2 unspecified atom stereocenters. The number of rotatable bonds is 5. The molecule has 2 amide bonds. The number of hydrogen-bond acceptors (Lipinski definition) is 4. The van der Waals surface area contributed by atoms with Crippen LogP contribution in [0.15, 0.2) is 24.3 Å². The summed E-state index contributed by atoms with van der Waals surface area (Å²) in [5.41, 5.74) is 6.20. The van der Waals surface area contributed by atoms with E-state index in [2.05, 4.69) is 5.32 Å². The van der Waals surface area contributed by atoms with Crippen molar-refractivity contribution in [3.05, 3.63) is 29.8 Å². The number of nitrogens with one attached hydrogen (secondary N) is 1. The van der Waals surface area contributed by atoms with Crippen molar-refractivity contribution in [2.75, 3.05) is 25.0 Å². The highest BCUT2D eigenvalue weighted by Gasteiger charge is 2.62.